The van der Waals surface area contributed by atoms with Crippen LogP contribution < -0.4 is 10.1 Å². The van der Waals surface area contributed by atoms with Crippen LogP contribution in [0.5, 0.6) is 5.75 Å². The number of para-hydroxylation sites is 2. The maximum atomic E-state index is 12.4. The third-order valence-electron chi connectivity index (χ3n) is 3.36. The van der Waals surface area contributed by atoms with Gasteiger partial charge in [0.2, 0.25) is 0 Å². The minimum Gasteiger partial charge on any atom is -0.405 e. The molecule has 2 N–H and O–H groups in total. The van der Waals surface area contributed by atoms with Gasteiger partial charge in [0.25, 0.3) is 5.91 Å². The Kier molecular flexibility index (Phi) is 4.11. The molecule has 0 saturated carbocycles. The number of hydrogen-bond donors (Lipinski definition) is 2. The van der Waals surface area contributed by atoms with Gasteiger partial charge in [0, 0.05) is 17.5 Å². The summed E-state index contributed by atoms with van der Waals surface area (Å²) in [4.78, 5) is 12.3. The first-order chi connectivity index (χ1) is 11.4. The number of carbonyl (C=O) groups excluding carboxylic acids is 1. The van der Waals surface area contributed by atoms with Crippen LogP contribution in [0, 0.1) is 0 Å². The second kappa shape index (κ2) is 6.23. The lowest BCUT2D eigenvalue weighted by Crippen LogP contribution is -2.24. The van der Waals surface area contributed by atoms with E-state index < -0.39 is 12.3 Å². The summed E-state index contributed by atoms with van der Waals surface area (Å²) >= 11 is 0. The van der Waals surface area contributed by atoms with Crippen molar-refractivity contribution in [1.82, 2.24) is 15.5 Å². The van der Waals surface area contributed by atoms with Crippen molar-refractivity contribution in [2.45, 2.75) is 12.9 Å². The normalized spacial score (nSPS) is 11.5. The van der Waals surface area contributed by atoms with E-state index in [0.29, 0.717) is 11.1 Å². The van der Waals surface area contributed by atoms with Crippen molar-refractivity contribution in [1.29, 1.82) is 0 Å². The molecule has 1 amide bonds. The number of benzene rings is 2. The third-order valence-corrected chi connectivity index (χ3v) is 3.36. The molecule has 0 spiro atoms. The fourth-order valence-corrected chi connectivity index (χ4v) is 2.30. The minimum atomic E-state index is -4.79. The molecule has 0 aliphatic heterocycles. The number of aromatic nitrogens is 2. The SMILES string of the molecule is O=C(NCc1ccccc1OC(F)(F)F)c1cccc2cn[nH]c12. The van der Waals surface area contributed by atoms with Gasteiger partial charge in [0.15, 0.2) is 0 Å². The summed E-state index contributed by atoms with van der Waals surface area (Å²) in [6, 6.07) is 10.8. The monoisotopic (exact) mass is 335 g/mol. The van der Waals surface area contributed by atoms with Crippen molar-refractivity contribution in [2.24, 2.45) is 0 Å². The summed E-state index contributed by atoms with van der Waals surface area (Å²) in [6.45, 7) is -0.102. The zero-order chi connectivity index (χ0) is 17.2. The van der Waals surface area contributed by atoms with Crippen LogP contribution in [-0.4, -0.2) is 22.5 Å². The maximum absolute atomic E-state index is 12.4. The van der Waals surface area contributed by atoms with Gasteiger partial charge in [-0.25, -0.2) is 0 Å². The van der Waals surface area contributed by atoms with Gasteiger partial charge in [-0.2, -0.15) is 5.10 Å². The summed E-state index contributed by atoms with van der Waals surface area (Å²) in [6.07, 6.45) is -3.21. The molecule has 1 heterocycles. The molecule has 5 nitrogen and oxygen atoms in total. The Morgan fingerprint density at radius 2 is 1.96 bits per heavy atom. The first-order valence-corrected chi connectivity index (χ1v) is 6.98. The van der Waals surface area contributed by atoms with Crippen molar-refractivity contribution in [2.75, 3.05) is 0 Å². The van der Waals surface area contributed by atoms with E-state index in [2.05, 4.69) is 20.3 Å². The zero-order valence-corrected chi connectivity index (χ0v) is 12.2. The van der Waals surface area contributed by atoms with Crippen LogP contribution in [-0.2, 0) is 6.54 Å². The van der Waals surface area contributed by atoms with Gasteiger partial charge in [-0.05, 0) is 12.1 Å². The highest BCUT2D eigenvalue weighted by atomic mass is 19.4. The number of fused-ring (bicyclic) bond motifs is 1. The average Bonchev–Trinajstić information content (AvgIpc) is 3.00. The predicted molar refractivity (Wildman–Crippen MR) is 80.4 cm³/mol. The molecule has 124 valence electrons. The van der Waals surface area contributed by atoms with E-state index in [9.17, 15) is 18.0 Å². The molecule has 0 saturated heterocycles. The van der Waals surface area contributed by atoms with Gasteiger partial charge in [0.05, 0.1) is 17.3 Å². The lowest BCUT2D eigenvalue weighted by atomic mass is 10.1. The number of carbonyl (C=O) groups is 1. The van der Waals surface area contributed by atoms with Crippen molar-refractivity contribution in [3.05, 3.63) is 59.8 Å². The molecule has 0 atom stereocenters. The highest BCUT2D eigenvalue weighted by Crippen LogP contribution is 2.26. The third kappa shape index (κ3) is 3.48. The Labute approximate surface area is 134 Å². The predicted octanol–water partition coefficient (Wildman–Crippen LogP) is 3.39. The second-order valence-corrected chi connectivity index (χ2v) is 4.98. The van der Waals surface area contributed by atoms with E-state index in [1.54, 1.807) is 30.5 Å². The summed E-state index contributed by atoms with van der Waals surface area (Å²) in [7, 11) is 0. The molecule has 24 heavy (non-hydrogen) atoms. The van der Waals surface area contributed by atoms with E-state index in [-0.39, 0.29) is 17.9 Å². The van der Waals surface area contributed by atoms with E-state index in [4.69, 9.17) is 0 Å². The topological polar surface area (TPSA) is 67.0 Å². The standard InChI is InChI=1S/C16H12F3N3O2/c17-16(18,19)24-13-7-2-1-4-10(13)8-20-15(23)12-6-3-5-11-9-21-22-14(11)12/h1-7,9H,8H2,(H,20,23)(H,21,22). The van der Waals surface area contributed by atoms with E-state index in [0.717, 1.165) is 5.39 Å². The minimum absolute atomic E-state index is 0.102. The van der Waals surface area contributed by atoms with Crippen LogP contribution >= 0.6 is 0 Å². The van der Waals surface area contributed by atoms with E-state index in [1.165, 1.54) is 18.2 Å². The Morgan fingerprint density at radius 1 is 1.17 bits per heavy atom. The number of H-pyrrole nitrogens is 1. The Hall–Kier alpha value is -3.03. The molecule has 0 unspecified atom stereocenters. The first kappa shape index (κ1) is 15.9. The van der Waals surface area contributed by atoms with Gasteiger partial charge in [-0.1, -0.05) is 30.3 Å². The molecule has 0 bridgehead atoms. The van der Waals surface area contributed by atoms with E-state index >= 15 is 0 Å². The van der Waals surface area contributed by atoms with Crippen molar-refractivity contribution in [3.8, 4) is 5.75 Å². The fourth-order valence-electron chi connectivity index (χ4n) is 2.30. The number of halogens is 3. The molecule has 0 aliphatic rings. The smallest absolute Gasteiger partial charge is 0.405 e. The molecule has 3 aromatic rings. The Bertz CT molecular complexity index is 874. The molecular weight excluding hydrogens is 323 g/mol. The van der Waals surface area contributed by atoms with Crippen molar-refractivity contribution >= 4 is 16.8 Å². The van der Waals surface area contributed by atoms with Gasteiger partial charge in [-0.3, -0.25) is 9.89 Å². The van der Waals surface area contributed by atoms with Gasteiger partial charge in [0.1, 0.15) is 5.75 Å². The number of amides is 1. The quantitative estimate of drug-likeness (QED) is 0.768. The highest BCUT2D eigenvalue weighted by molar-refractivity contribution is 6.05. The van der Waals surface area contributed by atoms with Crippen LogP contribution in [0.2, 0.25) is 0 Å². The Balaban J connectivity index is 1.77. The number of hydrogen-bond acceptors (Lipinski definition) is 3. The first-order valence-electron chi connectivity index (χ1n) is 6.98. The van der Waals surface area contributed by atoms with Crippen LogP contribution in [0.3, 0.4) is 0 Å². The number of nitrogens with one attached hydrogen (secondary N) is 2. The number of rotatable bonds is 4. The number of nitrogens with zero attached hydrogens (tertiary/aromatic N) is 1. The molecule has 0 fully saturated rings. The Morgan fingerprint density at radius 3 is 2.75 bits per heavy atom. The molecule has 0 radical (unpaired) electrons. The highest BCUT2D eigenvalue weighted by Gasteiger charge is 2.32. The summed E-state index contributed by atoms with van der Waals surface area (Å²) < 4.78 is 41.2. The van der Waals surface area contributed by atoms with Crippen LogP contribution in [0.15, 0.2) is 48.7 Å². The lowest BCUT2D eigenvalue weighted by molar-refractivity contribution is -0.274. The lowest BCUT2D eigenvalue weighted by Gasteiger charge is -2.13. The number of ether oxygens (including phenoxy) is 1. The molecule has 1 aromatic heterocycles. The molecule has 8 heteroatoms. The summed E-state index contributed by atoms with van der Waals surface area (Å²) in [5, 5.41) is 9.95. The molecule has 3 rings (SSSR count). The maximum Gasteiger partial charge on any atom is 0.573 e. The molecule has 0 aliphatic carbocycles. The molecular formula is C16H12F3N3O2. The fraction of sp³-hybridized carbons (Fsp3) is 0.125. The average molecular weight is 335 g/mol. The van der Waals surface area contributed by atoms with Crippen LogP contribution in [0.4, 0.5) is 13.2 Å². The van der Waals surface area contributed by atoms with Gasteiger partial charge < -0.3 is 10.1 Å². The van der Waals surface area contributed by atoms with Gasteiger partial charge in [-0.15, -0.1) is 13.2 Å². The van der Waals surface area contributed by atoms with Crippen molar-refractivity contribution in [3.63, 3.8) is 0 Å². The van der Waals surface area contributed by atoms with Gasteiger partial charge >= 0.3 is 6.36 Å². The largest absolute Gasteiger partial charge is 0.573 e. The number of aromatic amines is 1. The van der Waals surface area contributed by atoms with Crippen LogP contribution in [0.25, 0.3) is 10.9 Å². The van der Waals surface area contributed by atoms with Crippen molar-refractivity contribution < 1.29 is 22.7 Å². The molecule has 2 aromatic carbocycles. The van der Waals surface area contributed by atoms with Crippen LogP contribution in [0.1, 0.15) is 15.9 Å². The number of alkyl halides is 3. The summed E-state index contributed by atoms with van der Waals surface area (Å²) in [5.41, 5.74) is 1.15. The summed E-state index contributed by atoms with van der Waals surface area (Å²) in [5.74, 6) is -0.767. The second-order valence-electron chi connectivity index (χ2n) is 4.98. The van der Waals surface area contributed by atoms with E-state index in [1.807, 2.05) is 0 Å². The zero-order valence-electron chi connectivity index (χ0n) is 12.2.